The van der Waals surface area contributed by atoms with Crippen LogP contribution in [0.2, 0.25) is 0 Å². The lowest BCUT2D eigenvalue weighted by Gasteiger charge is -2.28. The van der Waals surface area contributed by atoms with Crippen molar-refractivity contribution in [2.75, 3.05) is 10.6 Å². The third-order valence-electron chi connectivity index (χ3n) is 5.00. The van der Waals surface area contributed by atoms with E-state index in [1.807, 2.05) is 0 Å². The second kappa shape index (κ2) is 8.71. The van der Waals surface area contributed by atoms with Crippen LogP contribution in [-0.4, -0.2) is 28.2 Å². The number of anilines is 2. The molecule has 1 aromatic carbocycles. The summed E-state index contributed by atoms with van der Waals surface area (Å²) in [5.74, 6) is -0.939. The first-order valence-corrected chi connectivity index (χ1v) is 10.4. The molecule has 5 nitrogen and oxygen atoms in total. The van der Waals surface area contributed by atoms with Crippen LogP contribution in [0.1, 0.15) is 49.2 Å². The zero-order valence-corrected chi connectivity index (χ0v) is 16.9. The number of amides is 1. The fourth-order valence-corrected chi connectivity index (χ4v) is 4.33. The van der Waals surface area contributed by atoms with Gasteiger partial charge in [-0.25, -0.2) is 4.98 Å². The molecule has 3 rings (SSSR count). The SMILES string of the molecule is Cc1csc(C(O)(CC(=O)Nc2ccc(NC3CCCCC3)cc2)C(F)(F)F)n1. The Hall–Kier alpha value is -2.13. The van der Waals surface area contributed by atoms with Crippen molar-refractivity contribution in [2.45, 2.75) is 63.3 Å². The maximum atomic E-state index is 13.5. The van der Waals surface area contributed by atoms with Crippen LogP contribution in [0.15, 0.2) is 29.6 Å². The molecule has 158 valence electrons. The number of nitrogens with one attached hydrogen (secondary N) is 2. The normalized spacial score (nSPS) is 17.6. The molecule has 2 aromatic rings. The first-order chi connectivity index (χ1) is 13.7. The minimum atomic E-state index is -5.03. The third kappa shape index (κ3) is 5.27. The van der Waals surface area contributed by atoms with Crippen molar-refractivity contribution in [2.24, 2.45) is 0 Å². The molecule has 1 aliphatic rings. The van der Waals surface area contributed by atoms with E-state index in [4.69, 9.17) is 0 Å². The Kier molecular flexibility index (Phi) is 6.48. The summed E-state index contributed by atoms with van der Waals surface area (Å²) in [4.78, 5) is 16.0. The topological polar surface area (TPSA) is 74.2 Å². The zero-order chi connectivity index (χ0) is 21.1. The number of hydrogen-bond donors (Lipinski definition) is 3. The van der Waals surface area contributed by atoms with Crippen LogP contribution in [0.25, 0.3) is 0 Å². The number of alkyl halides is 3. The van der Waals surface area contributed by atoms with E-state index in [0.29, 0.717) is 28.8 Å². The summed E-state index contributed by atoms with van der Waals surface area (Å²) in [5.41, 5.74) is -1.70. The van der Waals surface area contributed by atoms with Gasteiger partial charge in [-0.05, 0) is 44.0 Å². The van der Waals surface area contributed by atoms with Crippen LogP contribution in [0.5, 0.6) is 0 Å². The number of rotatable bonds is 6. The molecule has 0 aliphatic heterocycles. The highest BCUT2D eigenvalue weighted by molar-refractivity contribution is 7.09. The van der Waals surface area contributed by atoms with Crippen LogP contribution >= 0.6 is 11.3 Å². The van der Waals surface area contributed by atoms with Crippen molar-refractivity contribution in [3.8, 4) is 0 Å². The predicted molar refractivity (Wildman–Crippen MR) is 107 cm³/mol. The van der Waals surface area contributed by atoms with Crippen molar-refractivity contribution in [1.82, 2.24) is 4.98 Å². The number of aromatic nitrogens is 1. The number of thiazole rings is 1. The van der Waals surface area contributed by atoms with E-state index in [0.717, 1.165) is 18.5 Å². The average molecular weight is 427 g/mol. The van der Waals surface area contributed by atoms with Crippen LogP contribution in [0, 0.1) is 6.92 Å². The average Bonchev–Trinajstić information content (AvgIpc) is 3.10. The summed E-state index contributed by atoms with van der Waals surface area (Å²) in [7, 11) is 0. The van der Waals surface area contributed by atoms with Crippen LogP contribution in [0.3, 0.4) is 0 Å². The van der Waals surface area contributed by atoms with E-state index in [9.17, 15) is 23.1 Å². The van der Waals surface area contributed by atoms with Crippen molar-refractivity contribution in [1.29, 1.82) is 0 Å². The maximum Gasteiger partial charge on any atom is 0.424 e. The number of carbonyl (C=O) groups excluding carboxylic acids is 1. The summed E-state index contributed by atoms with van der Waals surface area (Å²) < 4.78 is 40.5. The minimum absolute atomic E-state index is 0.356. The van der Waals surface area contributed by atoms with Crippen LogP contribution < -0.4 is 10.6 Å². The van der Waals surface area contributed by atoms with Crippen molar-refractivity contribution in [3.05, 3.63) is 40.3 Å². The highest BCUT2D eigenvalue weighted by Gasteiger charge is 2.58. The molecule has 29 heavy (non-hydrogen) atoms. The van der Waals surface area contributed by atoms with E-state index in [-0.39, 0.29) is 0 Å². The van der Waals surface area contributed by atoms with E-state index in [2.05, 4.69) is 15.6 Å². The Morgan fingerprint density at radius 1 is 1.17 bits per heavy atom. The van der Waals surface area contributed by atoms with Crippen LogP contribution in [0.4, 0.5) is 24.5 Å². The number of halogens is 3. The van der Waals surface area contributed by atoms with Gasteiger partial charge in [0.15, 0.2) is 0 Å². The number of nitrogens with zero attached hydrogens (tertiary/aromatic N) is 1. The molecular formula is C20H24F3N3O2S. The first-order valence-electron chi connectivity index (χ1n) is 9.55. The van der Waals surface area contributed by atoms with Crippen molar-refractivity contribution < 1.29 is 23.1 Å². The fourth-order valence-electron chi connectivity index (χ4n) is 3.41. The zero-order valence-electron chi connectivity index (χ0n) is 16.1. The molecule has 0 spiro atoms. The summed E-state index contributed by atoms with van der Waals surface area (Å²) in [6.45, 7) is 1.53. The lowest BCUT2D eigenvalue weighted by Crippen LogP contribution is -2.45. The molecule has 0 radical (unpaired) electrons. The monoisotopic (exact) mass is 427 g/mol. The molecule has 1 atom stereocenters. The first kappa shape index (κ1) is 21.6. The van der Waals surface area contributed by atoms with E-state index in [1.165, 1.54) is 31.6 Å². The number of aliphatic hydroxyl groups is 1. The van der Waals surface area contributed by atoms with Gasteiger partial charge >= 0.3 is 6.18 Å². The Balaban J connectivity index is 1.64. The summed E-state index contributed by atoms with van der Waals surface area (Å²) in [5, 5.41) is 17.0. The van der Waals surface area contributed by atoms with Gasteiger partial charge in [-0.1, -0.05) is 19.3 Å². The molecule has 1 aromatic heterocycles. The van der Waals surface area contributed by atoms with Gasteiger partial charge in [-0.3, -0.25) is 4.79 Å². The lowest BCUT2D eigenvalue weighted by molar-refractivity contribution is -0.266. The highest BCUT2D eigenvalue weighted by Crippen LogP contribution is 2.43. The molecular weight excluding hydrogens is 403 g/mol. The van der Waals surface area contributed by atoms with Gasteiger partial charge < -0.3 is 15.7 Å². The van der Waals surface area contributed by atoms with E-state index in [1.54, 1.807) is 24.3 Å². The molecule has 0 bridgehead atoms. The largest absolute Gasteiger partial charge is 0.424 e. The molecule has 3 N–H and O–H groups in total. The molecule has 9 heteroatoms. The van der Waals surface area contributed by atoms with E-state index >= 15 is 0 Å². The van der Waals surface area contributed by atoms with Gasteiger partial charge in [0, 0.05) is 28.5 Å². The van der Waals surface area contributed by atoms with Crippen molar-refractivity contribution >= 4 is 28.6 Å². The maximum absolute atomic E-state index is 13.5. The number of aryl methyl sites for hydroxylation is 1. The van der Waals surface area contributed by atoms with Gasteiger partial charge in [0.1, 0.15) is 5.01 Å². The smallest absolute Gasteiger partial charge is 0.382 e. The number of benzene rings is 1. The Morgan fingerprint density at radius 2 is 1.79 bits per heavy atom. The Morgan fingerprint density at radius 3 is 2.34 bits per heavy atom. The molecule has 1 unspecified atom stereocenters. The van der Waals surface area contributed by atoms with Gasteiger partial charge in [0.05, 0.1) is 6.42 Å². The summed E-state index contributed by atoms with van der Waals surface area (Å²) >= 11 is 0.681. The molecule has 1 saturated carbocycles. The van der Waals surface area contributed by atoms with Crippen LogP contribution in [-0.2, 0) is 10.4 Å². The standard InChI is InChI=1S/C20H24F3N3O2S/c1-13-12-29-18(24-13)19(28,20(21,22)23)11-17(27)26-16-9-7-15(8-10-16)25-14-5-3-2-4-6-14/h7-10,12,14,25,28H,2-6,11H2,1H3,(H,26,27). The quantitative estimate of drug-likeness (QED) is 0.608. The van der Waals surface area contributed by atoms with Gasteiger partial charge in [-0.15, -0.1) is 11.3 Å². The Labute approximate surface area is 171 Å². The number of carbonyl (C=O) groups is 1. The third-order valence-corrected chi connectivity index (χ3v) is 6.11. The van der Waals surface area contributed by atoms with Gasteiger partial charge in [0.25, 0.3) is 0 Å². The highest BCUT2D eigenvalue weighted by atomic mass is 32.1. The molecule has 1 aliphatic carbocycles. The van der Waals surface area contributed by atoms with Crippen molar-refractivity contribution in [3.63, 3.8) is 0 Å². The molecule has 0 saturated heterocycles. The Bertz CT molecular complexity index is 832. The lowest BCUT2D eigenvalue weighted by atomic mass is 9.95. The van der Waals surface area contributed by atoms with Gasteiger partial charge in [0.2, 0.25) is 11.5 Å². The van der Waals surface area contributed by atoms with Gasteiger partial charge in [-0.2, -0.15) is 13.2 Å². The summed E-state index contributed by atoms with van der Waals surface area (Å²) in [6.07, 6.45) is -0.295. The molecule has 1 heterocycles. The fraction of sp³-hybridized carbons (Fsp3) is 0.500. The minimum Gasteiger partial charge on any atom is -0.382 e. The van der Waals surface area contributed by atoms with E-state index < -0.39 is 29.1 Å². The predicted octanol–water partition coefficient (Wildman–Crippen LogP) is 4.97. The second-order valence-electron chi connectivity index (χ2n) is 7.43. The molecule has 1 amide bonds. The summed E-state index contributed by atoms with van der Waals surface area (Å²) in [6, 6.07) is 7.24. The number of hydrogen-bond acceptors (Lipinski definition) is 5. The second-order valence-corrected chi connectivity index (χ2v) is 8.29. The molecule has 1 fully saturated rings.